The summed E-state index contributed by atoms with van der Waals surface area (Å²) in [7, 11) is 0. The lowest BCUT2D eigenvalue weighted by Crippen LogP contribution is -2.07. The largest absolute Gasteiger partial charge is 0.464 e. The van der Waals surface area contributed by atoms with Crippen molar-refractivity contribution in [3.8, 4) is 11.3 Å². The van der Waals surface area contributed by atoms with Gasteiger partial charge in [0.15, 0.2) is 0 Å². The lowest BCUT2D eigenvalue weighted by molar-refractivity contribution is 0.582. The molecule has 0 N–H and O–H groups in total. The van der Waals surface area contributed by atoms with Crippen LogP contribution < -0.4 is 0 Å². The fraction of sp³-hybridized carbons (Fsp3) is 0.182. The van der Waals surface area contributed by atoms with Crippen molar-refractivity contribution in [2.75, 3.05) is 0 Å². The minimum absolute atomic E-state index is 0.942. The van der Waals surface area contributed by atoms with Gasteiger partial charge in [-0.1, -0.05) is 42.0 Å². The molecular formula is C22H18O. The predicted molar refractivity (Wildman–Crippen MR) is 95.3 cm³/mol. The third-order valence-corrected chi connectivity index (χ3v) is 5.18. The molecular weight excluding hydrogens is 280 g/mol. The van der Waals surface area contributed by atoms with Gasteiger partial charge in [0.05, 0.1) is 6.26 Å². The van der Waals surface area contributed by atoms with Gasteiger partial charge >= 0.3 is 0 Å². The molecule has 1 nitrogen and oxygen atoms in total. The molecule has 112 valence electrons. The van der Waals surface area contributed by atoms with Gasteiger partial charge in [-0.3, -0.25) is 0 Å². The number of furan rings is 1. The number of rotatable bonds is 1. The molecule has 2 aromatic carbocycles. The Bertz CT molecular complexity index is 955. The fourth-order valence-corrected chi connectivity index (χ4v) is 4.03. The zero-order valence-electron chi connectivity index (χ0n) is 13.0. The van der Waals surface area contributed by atoms with E-state index in [1.165, 1.54) is 46.7 Å². The number of fused-ring (bicyclic) bond motifs is 4. The Morgan fingerprint density at radius 1 is 0.913 bits per heavy atom. The van der Waals surface area contributed by atoms with Crippen LogP contribution in [0.4, 0.5) is 0 Å². The SMILES string of the molecule is C1=CC2=C(CC1)CCc1c2ccc2ccc(-c3ccco3)cc12. The molecule has 1 heterocycles. The molecule has 0 saturated heterocycles. The average Bonchev–Trinajstić information content (AvgIpc) is 3.15. The van der Waals surface area contributed by atoms with Gasteiger partial charge < -0.3 is 4.42 Å². The first-order valence-corrected chi connectivity index (χ1v) is 8.38. The molecule has 0 fully saturated rings. The van der Waals surface area contributed by atoms with Crippen LogP contribution in [0.25, 0.3) is 27.7 Å². The zero-order chi connectivity index (χ0) is 15.2. The van der Waals surface area contributed by atoms with Crippen LogP contribution in [0.2, 0.25) is 0 Å². The summed E-state index contributed by atoms with van der Waals surface area (Å²) in [6.45, 7) is 0. The van der Waals surface area contributed by atoms with Crippen LogP contribution in [0.3, 0.4) is 0 Å². The van der Waals surface area contributed by atoms with Gasteiger partial charge in [-0.2, -0.15) is 0 Å². The summed E-state index contributed by atoms with van der Waals surface area (Å²) in [5, 5.41) is 2.70. The second-order valence-corrected chi connectivity index (χ2v) is 6.46. The summed E-state index contributed by atoms with van der Waals surface area (Å²) in [5.41, 5.74) is 7.21. The maximum Gasteiger partial charge on any atom is 0.133 e. The maximum atomic E-state index is 5.58. The van der Waals surface area contributed by atoms with Gasteiger partial charge in [0.1, 0.15) is 5.76 Å². The van der Waals surface area contributed by atoms with E-state index >= 15 is 0 Å². The molecule has 0 atom stereocenters. The standard InChI is InChI=1S/C22H18O/c1-2-5-18-15(4-1)9-12-20-19(18)11-10-16-7-8-17(14-21(16)20)22-6-3-13-23-22/h2-3,5-8,10-11,13-14H,1,4,9,12H2. The molecule has 2 aliphatic rings. The van der Waals surface area contributed by atoms with Crippen molar-refractivity contribution in [3.63, 3.8) is 0 Å². The van der Waals surface area contributed by atoms with Crippen LogP contribution in [-0.2, 0) is 6.42 Å². The first kappa shape index (κ1) is 13.0. The fourth-order valence-electron chi connectivity index (χ4n) is 4.03. The van der Waals surface area contributed by atoms with Crippen molar-refractivity contribution in [2.45, 2.75) is 25.7 Å². The van der Waals surface area contributed by atoms with Crippen LogP contribution >= 0.6 is 0 Å². The van der Waals surface area contributed by atoms with E-state index in [9.17, 15) is 0 Å². The Balaban J connectivity index is 1.75. The quantitative estimate of drug-likeness (QED) is 0.525. The lowest BCUT2D eigenvalue weighted by atomic mass is 9.79. The van der Waals surface area contributed by atoms with E-state index in [4.69, 9.17) is 4.42 Å². The highest BCUT2D eigenvalue weighted by atomic mass is 16.3. The molecule has 23 heavy (non-hydrogen) atoms. The monoisotopic (exact) mass is 298 g/mol. The van der Waals surface area contributed by atoms with Gasteiger partial charge in [-0.15, -0.1) is 0 Å². The third kappa shape index (κ3) is 2.00. The van der Waals surface area contributed by atoms with Crippen LogP contribution in [0.1, 0.15) is 30.4 Å². The Hall–Kier alpha value is -2.54. The summed E-state index contributed by atoms with van der Waals surface area (Å²) in [6, 6.07) is 15.2. The highest BCUT2D eigenvalue weighted by Crippen LogP contribution is 2.40. The third-order valence-electron chi connectivity index (χ3n) is 5.18. The van der Waals surface area contributed by atoms with E-state index in [2.05, 4.69) is 42.5 Å². The molecule has 1 aromatic heterocycles. The molecule has 0 amide bonds. The van der Waals surface area contributed by atoms with E-state index in [0.29, 0.717) is 0 Å². The van der Waals surface area contributed by atoms with Crippen molar-refractivity contribution in [1.29, 1.82) is 0 Å². The summed E-state index contributed by atoms with van der Waals surface area (Å²) < 4.78 is 5.58. The molecule has 0 unspecified atom stereocenters. The number of benzene rings is 2. The minimum Gasteiger partial charge on any atom is -0.464 e. The Morgan fingerprint density at radius 3 is 2.78 bits per heavy atom. The second-order valence-electron chi connectivity index (χ2n) is 6.46. The first-order chi connectivity index (χ1) is 11.4. The summed E-state index contributed by atoms with van der Waals surface area (Å²) >= 11 is 0. The molecule has 2 aliphatic carbocycles. The lowest BCUT2D eigenvalue weighted by Gasteiger charge is -2.25. The number of hydrogen-bond acceptors (Lipinski definition) is 1. The van der Waals surface area contributed by atoms with E-state index in [1.807, 2.05) is 12.1 Å². The average molecular weight is 298 g/mol. The van der Waals surface area contributed by atoms with E-state index in [-0.39, 0.29) is 0 Å². The van der Waals surface area contributed by atoms with Gasteiger partial charge in [-0.05, 0) is 71.4 Å². The molecule has 0 aliphatic heterocycles. The van der Waals surface area contributed by atoms with Gasteiger partial charge in [-0.25, -0.2) is 0 Å². The number of hydrogen-bond donors (Lipinski definition) is 0. The minimum atomic E-state index is 0.942. The van der Waals surface area contributed by atoms with Crippen LogP contribution in [-0.4, -0.2) is 0 Å². The summed E-state index contributed by atoms with van der Waals surface area (Å²) in [4.78, 5) is 0. The van der Waals surface area contributed by atoms with Crippen LogP contribution in [0, 0.1) is 0 Å². The maximum absolute atomic E-state index is 5.58. The van der Waals surface area contributed by atoms with Crippen molar-refractivity contribution in [3.05, 3.63) is 77.6 Å². The Labute approximate surface area is 135 Å². The smallest absolute Gasteiger partial charge is 0.133 e. The molecule has 1 heteroatoms. The van der Waals surface area contributed by atoms with Gasteiger partial charge in [0.25, 0.3) is 0 Å². The summed E-state index contributed by atoms with van der Waals surface area (Å²) in [5.74, 6) is 0.942. The Kier molecular flexibility index (Phi) is 2.81. The van der Waals surface area contributed by atoms with Crippen LogP contribution in [0.15, 0.2) is 70.9 Å². The first-order valence-electron chi connectivity index (χ1n) is 8.38. The van der Waals surface area contributed by atoms with E-state index in [1.54, 1.807) is 11.8 Å². The van der Waals surface area contributed by atoms with Crippen molar-refractivity contribution < 1.29 is 4.42 Å². The molecule has 3 aromatic rings. The highest BCUT2D eigenvalue weighted by molar-refractivity contribution is 5.95. The molecule has 0 saturated carbocycles. The zero-order valence-corrected chi connectivity index (χ0v) is 13.0. The van der Waals surface area contributed by atoms with Gasteiger partial charge in [0, 0.05) is 5.56 Å². The summed E-state index contributed by atoms with van der Waals surface area (Å²) in [6.07, 6.45) is 11.2. The van der Waals surface area contributed by atoms with E-state index < -0.39 is 0 Å². The normalized spacial score (nSPS) is 16.5. The van der Waals surface area contributed by atoms with Crippen molar-refractivity contribution in [2.24, 2.45) is 0 Å². The number of allylic oxidation sites excluding steroid dienone is 4. The Morgan fingerprint density at radius 2 is 1.87 bits per heavy atom. The van der Waals surface area contributed by atoms with Crippen molar-refractivity contribution in [1.82, 2.24) is 0 Å². The molecule has 0 radical (unpaired) electrons. The second kappa shape index (κ2) is 4.99. The topological polar surface area (TPSA) is 13.1 Å². The predicted octanol–water partition coefficient (Wildman–Crippen LogP) is 6.15. The van der Waals surface area contributed by atoms with Crippen LogP contribution in [0.5, 0.6) is 0 Å². The van der Waals surface area contributed by atoms with E-state index in [0.717, 1.165) is 17.7 Å². The van der Waals surface area contributed by atoms with Crippen molar-refractivity contribution >= 4 is 16.3 Å². The number of aryl methyl sites for hydroxylation is 1. The molecule has 0 spiro atoms. The highest BCUT2D eigenvalue weighted by Gasteiger charge is 2.20. The van der Waals surface area contributed by atoms with Gasteiger partial charge in [0.2, 0.25) is 0 Å². The molecule has 5 rings (SSSR count). The molecule has 0 bridgehead atoms.